The number of aliphatic hydroxyl groups is 2. The summed E-state index contributed by atoms with van der Waals surface area (Å²) in [5.41, 5.74) is 5.15. The van der Waals surface area contributed by atoms with Crippen LogP contribution in [0.15, 0.2) is 23.4 Å². The van der Waals surface area contributed by atoms with E-state index in [1.165, 1.54) is 24.8 Å². The molecule has 0 amide bonds. The van der Waals surface area contributed by atoms with Crippen molar-refractivity contribution in [3.63, 3.8) is 0 Å². The summed E-state index contributed by atoms with van der Waals surface area (Å²) in [5, 5.41) is 29.5. The van der Waals surface area contributed by atoms with E-state index in [1.807, 2.05) is 12.2 Å². The summed E-state index contributed by atoms with van der Waals surface area (Å²) in [6.45, 7) is 0.354. The van der Waals surface area contributed by atoms with E-state index in [9.17, 15) is 15.0 Å². The minimum atomic E-state index is -0.816. The predicted octanol–water partition coefficient (Wildman–Crippen LogP) is 2.52. The molecule has 4 N–H and O–H groups in total. The van der Waals surface area contributed by atoms with E-state index in [4.69, 9.17) is 9.94 Å². The first kappa shape index (κ1) is 19.4. The Balaban J connectivity index is 1.44. The lowest BCUT2D eigenvalue weighted by molar-refractivity contribution is -0.137. The number of aliphatic carboxylic acids is 1. The van der Waals surface area contributed by atoms with E-state index in [0.29, 0.717) is 18.9 Å². The van der Waals surface area contributed by atoms with Gasteiger partial charge >= 0.3 is 5.97 Å². The molecule has 3 aliphatic rings. The molecule has 0 aromatic heterocycles. The molecule has 0 aromatic rings. The molecule has 2 fully saturated rings. The highest BCUT2D eigenvalue weighted by molar-refractivity contribution is 5.66. The zero-order chi connectivity index (χ0) is 18.5. The number of hydrogen-bond donors (Lipinski definition) is 4. The first-order chi connectivity index (χ1) is 12.6. The molecule has 3 rings (SSSR count). The van der Waals surface area contributed by atoms with Crippen LogP contribution in [0.1, 0.15) is 57.8 Å². The van der Waals surface area contributed by atoms with Crippen molar-refractivity contribution < 1.29 is 25.0 Å². The Bertz CT molecular complexity index is 552. The van der Waals surface area contributed by atoms with Crippen LogP contribution in [0, 0.1) is 17.8 Å². The molecule has 0 spiro atoms. The Labute approximate surface area is 154 Å². The van der Waals surface area contributed by atoms with Crippen LogP contribution in [-0.2, 0) is 9.63 Å². The number of hydroxylamine groups is 1. The summed E-state index contributed by atoms with van der Waals surface area (Å²) in [5.74, 6) is -0.213. The summed E-state index contributed by atoms with van der Waals surface area (Å²) in [6.07, 6.45) is 11.1. The third kappa shape index (κ3) is 4.67. The van der Waals surface area contributed by atoms with Crippen molar-refractivity contribution >= 4 is 5.97 Å². The molecule has 3 aliphatic carbocycles. The molecule has 0 aromatic carbocycles. The molecule has 146 valence electrons. The van der Waals surface area contributed by atoms with E-state index in [1.54, 1.807) is 0 Å². The van der Waals surface area contributed by atoms with Crippen LogP contribution in [0.2, 0.25) is 0 Å². The van der Waals surface area contributed by atoms with E-state index < -0.39 is 18.2 Å². The van der Waals surface area contributed by atoms with Crippen molar-refractivity contribution in [3.8, 4) is 0 Å². The summed E-state index contributed by atoms with van der Waals surface area (Å²) >= 11 is 0. The number of nitrogens with one attached hydrogen (secondary N) is 1. The summed E-state index contributed by atoms with van der Waals surface area (Å²) in [7, 11) is 0. The van der Waals surface area contributed by atoms with Crippen molar-refractivity contribution in [1.29, 1.82) is 0 Å². The van der Waals surface area contributed by atoms with E-state index in [0.717, 1.165) is 31.4 Å². The van der Waals surface area contributed by atoms with Gasteiger partial charge in [-0.05, 0) is 43.6 Å². The summed E-state index contributed by atoms with van der Waals surface area (Å²) in [4.78, 5) is 15.8. The fourth-order valence-corrected chi connectivity index (χ4v) is 4.45. The molecular formula is C20H31NO5. The van der Waals surface area contributed by atoms with Crippen LogP contribution in [0.4, 0.5) is 0 Å². The lowest BCUT2D eigenvalue weighted by atomic mass is 9.83. The van der Waals surface area contributed by atoms with Crippen molar-refractivity contribution in [2.75, 3.05) is 6.61 Å². The van der Waals surface area contributed by atoms with Gasteiger partial charge < -0.3 is 15.3 Å². The van der Waals surface area contributed by atoms with E-state index in [-0.39, 0.29) is 18.3 Å². The number of allylic oxidation sites excluding steroid dienone is 1. The van der Waals surface area contributed by atoms with Gasteiger partial charge in [-0.3, -0.25) is 15.1 Å². The van der Waals surface area contributed by atoms with Gasteiger partial charge in [0.25, 0.3) is 0 Å². The van der Waals surface area contributed by atoms with Gasteiger partial charge in [-0.2, -0.15) is 0 Å². The van der Waals surface area contributed by atoms with Gasteiger partial charge in [0.1, 0.15) is 0 Å². The Kier molecular flexibility index (Phi) is 6.73. The average Bonchev–Trinajstić information content (AvgIpc) is 2.87. The second kappa shape index (κ2) is 9.02. The quantitative estimate of drug-likeness (QED) is 0.285. The molecule has 26 heavy (non-hydrogen) atoms. The van der Waals surface area contributed by atoms with Gasteiger partial charge in [0.15, 0.2) is 0 Å². The first-order valence-electron chi connectivity index (χ1n) is 9.92. The third-order valence-corrected chi connectivity index (χ3v) is 6.09. The number of fused-ring (bicyclic) bond motifs is 1. The third-order valence-electron chi connectivity index (χ3n) is 6.09. The standard InChI is InChI=1S/C20H31NO5/c22-18(13-5-2-1-3-6-13)9-8-14-11-15-16(20(14)25)12-17(15)21-26-10-4-7-19(23)24/h8-9,13-14,16,18,20-22,25H,1-7,10-12H2,(H,23,24). The van der Waals surface area contributed by atoms with Gasteiger partial charge in [-0.25, -0.2) is 0 Å². The maximum absolute atomic E-state index is 10.5. The van der Waals surface area contributed by atoms with Gasteiger partial charge in [0.05, 0.1) is 18.8 Å². The van der Waals surface area contributed by atoms with Crippen molar-refractivity contribution in [2.45, 2.75) is 70.0 Å². The van der Waals surface area contributed by atoms with Gasteiger partial charge in [0.2, 0.25) is 0 Å². The molecule has 4 unspecified atom stereocenters. The zero-order valence-corrected chi connectivity index (χ0v) is 15.3. The maximum atomic E-state index is 10.5. The van der Waals surface area contributed by atoms with Crippen molar-refractivity contribution in [3.05, 3.63) is 23.4 Å². The van der Waals surface area contributed by atoms with Crippen LogP contribution in [0.5, 0.6) is 0 Å². The second-order valence-corrected chi connectivity index (χ2v) is 7.89. The number of carbonyl (C=O) groups is 1. The SMILES string of the molecule is O=C(O)CCCONC1=C2CC(C=CC(O)C3CCCCC3)C(O)C2C1. The van der Waals surface area contributed by atoms with Crippen molar-refractivity contribution in [2.24, 2.45) is 17.8 Å². The highest BCUT2D eigenvalue weighted by Gasteiger charge is 2.45. The van der Waals surface area contributed by atoms with Crippen LogP contribution >= 0.6 is 0 Å². The average molecular weight is 365 g/mol. The number of carboxylic acid groups (broad SMARTS) is 1. The lowest BCUT2D eigenvalue weighted by Gasteiger charge is -2.30. The minimum Gasteiger partial charge on any atom is -0.481 e. The normalized spacial score (nSPS) is 30.3. The summed E-state index contributed by atoms with van der Waals surface area (Å²) in [6, 6.07) is 0. The van der Waals surface area contributed by atoms with Gasteiger partial charge in [0, 0.05) is 24.0 Å². The Morgan fingerprint density at radius 3 is 2.77 bits per heavy atom. The molecule has 0 bridgehead atoms. The number of carboxylic acids is 1. The Morgan fingerprint density at radius 2 is 2.04 bits per heavy atom. The highest BCUT2D eigenvalue weighted by Crippen LogP contribution is 2.48. The maximum Gasteiger partial charge on any atom is 0.303 e. The first-order valence-corrected chi connectivity index (χ1v) is 9.92. The molecule has 0 aliphatic heterocycles. The highest BCUT2D eigenvalue weighted by atomic mass is 16.6. The molecule has 6 nitrogen and oxygen atoms in total. The predicted molar refractivity (Wildman–Crippen MR) is 96.9 cm³/mol. The zero-order valence-electron chi connectivity index (χ0n) is 15.3. The number of aliphatic hydroxyl groups excluding tert-OH is 2. The van der Waals surface area contributed by atoms with Gasteiger partial charge in [-0.1, -0.05) is 31.4 Å². The molecule has 0 heterocycles. The van der Waals surface area contributed by atoms with E-state index in [2.05, 4.69) is 5.48 Å². The lowest BCUT2D eigenvalue weighted by Crippen LogP contribution is -2.32. The minimum absolute atomic E-state index is 0.0551. The largest absolute Gasteiger partial charge is 0.481 e. The van der Waals surface area contributed by atoms with Crippen LogP contribution in [0.3, 0.4) is 0 Å². The fraction of sp³-hybridized carbons (Fsp3) is 0.750. The fourth-order valence-electron chi connectivity index (χ4n) is 4.45. The van der Waals surface area contributed by atoms with Crippen LogP contribution in [-0.4, -0.2) is 40.1 Å². The molecule has 0 radical (unpaired) electrons. The molecular weight excluding hydrogens is 334 g/mol. The number of rotatable bonds is 9. The smallest absolute Gasteiger partial charge is 0.303 e. The van der Waals surface area contributed by atoms with Crippen LogP contribution < -0.4 is 5.48 Å². The molecule has 2 saturated carbocycles. The topological polar surface area (TPSA) is 99.0 Å². The van der Waals surface area contributed by atoms with Gasteiger partial charge in [-0.15, -0.1) is 0 Å². The van der Waals surface area contributed by atoms with Crippen molar-refractivity contribution in [1.82, 2.24) is 5.48 Å². The van der Waals surface area contributed by atoms with Crippen LogP contribution in [0.25, 0.3) is 0 Å². The molecule has 6 heteroatoms. The Morgan fingerprint density at radius 1 is 1.27 bits per heavy atom. The molecule has 0 saturated heterocycles. The van der Waals surface area contributed by atoms with E-state index >= 15 is 0 Å². The summed E-state index contributed by atoms with van der Waals surface area (Å²) < 4.78 is 0. The monoisotopic (exact) mass is 365 g/mol. The molecule has 4 atom stereocenters. The Hall–Kier alpha value is -1.37. The second-order valence-electron chi connectivity index (χ2n) is 7.89. The number of hydrogen-bond acceptors (Lipinski definition) is 5.